The lowest BCUT2D eigenvalue weighted by atomic mass is 9.57. The van der Waals surface area contributed by atoms with Gasteiger partial charge in [0.05, 0.1) is 5.60 Å². The Balaban J connectivity index is 1.98. The van der Waals surface area contributed by atoms with E-state index in [9.17, 15) is 5.11 Å². The number of ether oxygens (including phenoxy) is 1. The first-order chi connectivity index (χ1) is 8.42. The lowest BCUT2D eigenvalue weighted by Crippen LogP contribution is -2.57. The van der Waals surface area contributed by atoms with Crippen LogP contribution in [-0.4, -0.2) is 16.8 Å². The summed E-state index contributed by atoms with van der Waals surface area (Å²) in [5.41, 5.74) is 0.581. The molecule has 1 aromatic carbocycles. The molecule has 1 aromatic rings. The second kappa shape index (κ2) is 3.74. The van der Waals surface area contributed by atoms with Gasteiger partial charge in [-0.05, 0) is 43.2 Å². The predicted octanol–water partition coefficient (Wildman–Crippen LogP) is 3.18. The second-order valence-corrected chi connectivity index (χ2v) is 6.61. The van der Waals surface area contributed by atoms with Crippen molar-refractivity contribution in [2.45, 2.75) is 51.7 Å². The molecule has 2 aliphatic rings. The number of benzene rings is 1. The highest BCUT2D eigenvalue weighted by Crippen LogP contribution is 2.52. The van der Waals surface area contributed by atoms with Gasteiger partial charge in [-0.25, -0.2) is 0 Å². The van der Waals surface area contributed by atoms with E-state index < -0.39 is 5.60 Å². The van der Waals surface area contributed by atoms with Crippen molar-refractivity contribution in [1.29, 1.82) is 0 Å². The quantitative estimate of drug-likeness (QED) is 0.762. The van der Waals surface area contributed by atoms with E-state index in [1.807, 2.05) is 13.0 Å². The minimum Gasteiger partial charge on any atom is -0.490 e. The van der Waals surface area contributed by atoms with Crippen LogP contribution < -0.4 is 4.74 Å². The summed E-state index contributed by atoms with van der Waals surface area (Å²) in [4.78, 5) is 0. The van der Waals surface area contributed by atoms with Gasteiger partial charge in [0.15, 0.2) is 0 Å². The molecule has 1 saturated carbocycles. The van der Waals surface area contributed by atoms with Crippen LogP contribution in [0.3, 0.4) is 0 Å². The standard InChI is InChI=1S/C16H22O2/c1-15(2)12-10-11-6-4-5-7-13(11)18-14(12)8-9-16(15,3)17/h4-7,12,14,17H,8-10H2,1-3H3. The highest BCUT2D eigenvalue weighted by Gasteiger charge is 2.53. The summed E-state index contributed by atoms with van der Waals surface area (Å²) in [6, 6.07) is 8.30. The molecule has 3 rings (SSSR count). The van der Waals surface area contributed by atoms with Crippen LogP contribution in [0.5, 0.6) is 5.75 Å². The Morgan fingerprint density at radius 2 is 1.94 bits per heavy atom. The first-order valence-corrected chi connectivity index (χ1v) is 6.89. The van der Waals surface area contributed by atoms with Crippen LogP contribution in [0, 0.1) is 11.3 Å². The summed E-state index contributed by atoms with van der Waals surface area (Å²) in [5, 5.41) is 10.6. The van der Waals surface area contributed by atoms with Gasteiger partial charge in [-0.2, -0.15) is 0 Å². The normalized spacial score (nSPS) is 37.3. The minimum absolute atomic E-state index is 0.108. The lowest BCUT2D eigenvalue weighted by Gasteiger charge is -2.54. The number of hydrogen-bond donors (Lipinski definition) is 1. The van der Waals surface area contributed by atoms with Crippen molar-refractivity contribution in [1.82, 2.24) is 0 Å². The van der Waals surface area contributed by atoms with Crippen LogP contribution in [0.4, 0.5) is 0 Å². The fourth-order valence-electron chi connectivity index (χ4n) is 3.53. The van der Waals surface area contributed by atoms with Crippen LogP contribution in [0.25, 0.3) is 0 Å². The molecule has 1 heterocycles. The second-order valence-electron chi connectivity index (χ2n) is 6.61. The van der Waals surface area contributed by atoms with Gasteiger partial charge in [-0.3, -0.25) is 0 Å². The van der Waals surface area contributed by atoms with Gasteiger partial charge in [0.25, 0.3) is 0 Å². The Morgan fingerprint density at radius 3 is 2.72 bits per heavy atom. The molecule has 98 valence electrons. The average molecular weight is 246 g/mol. The molecular formula is C16H22O2. The molecule has 2 nitrogen and oxygen atoms in total. The highest BCUT2D eigenvalue weighted by molar-refractivity contribution is 5.36. The van der Waals surface area contributed by atoms with Gasteiger partial charge in [-0.1, -0.05) is 32.0 Å². The van der Waals surface area contributed by atoms with E-state index in [4.69, 9.17) is 4.74 Å². The van der Waals surface area contributed by atoms with Crippen molar-refractivity contribution < 1.29 is 9.84 Å². The molecule has 2 heteroatoms. The smallest absolute Gasteiger partial charge is 0.122 e. The van der Waals surface area contributed by atoms with E-state index in [0.29, 0.717) is 5.92 Å². The average Bonchev–Trinajstić information content (AvgIpc) is 2.33. The molecule has 3 unspecified atom stereocenters. The van der Waals surface area contributed by atoms with E-state index in [1.54, 1.807) is 0 Å². The van der Waals surface area contributed by atoms with Gasteiger partial charge in [0, 0.05) is 5.92 Å². The molecule has 0 saturated heterocycles. The third kappa shape index (κ3) is 1.58. The minimum atomic E-state index is -0.593. The zero-order chi connectivity index (χ0) is 13.0. The SMILES string of the molecule is CC1(O)CCC2Oc3ccccc3CC2C1(C)C. The van der Waals surface area contributed by atoms with Crippen LogP contribution in [-0.2, 0) is 6.42 Å². The van der Waals surface area contributed by atoms with Crippen LogP contribution in [0.15, 0.2) is 24.3 Å². The number of rotatable bonds is 0. The Morgan fingerprint density at radius 1 is 1.22 bits per heavy atom. The fourth-order valence-corrected chi connectivity index (χ4v) is 3.53. The molecule has 0 bridgehead atoms. The van der Waals surface area contributed by atoms with Gasteiger partial charge >= 0.3 is 0 Å². The Labute approximate surface area is 109 Å². The summed E-state index contributed by atoms with van der Waals surface area (Å²) in [6.45, 7) is 6.34. The molecule has 0 aromatic heterocycles. The van der Waals surface area contributed by atoms with E-state index in [1.165, 1.54) is 5.56 Å². The van der Waals surface area contributed by atoms with Crippen molar-refractivity contribution >= 4 is 0 Å². The summed E-state index contributed by atoms with van der Waals surface area (Å²) < 4.78 is 6.15. The molecule has 0 amide bonds. The largest absolute Gasteiger partial charge is 0.490 e. The summed E-state index contributed by atoms with van der Waals surface area (Å²) >= 11 is 0. The summed E-state index contributed by atoms with van der Waals surface area (Å²) in [7, 11) is 0. The van der Waals surface area contributed by atoms with Crippen molar-refractivity contribution in [3.8, 4) is 5.75 Å². The zero-order valence-electron chi connectivity index (χ0n) is 11.4. The van der Waals surface area contributed by atoms with Crippen molar-refractivity contribution in [2.75, 3.05) is 0 Å². The molecule has 1 aliphatic carbocycles. The van der Waals surface area contributed by atoms with Crippen LogP contribution >= 0.6 is 0 Å². The number of fused-ring (bicyclic) bond motifs is 2. The molecule has 18 heavy (non-hydrogen) atoms. The van der Waals surface area contributed by atoms with Crippen LogP contribution in [0.2, 0.25) is 0 Å². The monoisotopic (exact) mass is 246 g/mol. The van der Waals surface area contributed by atoms with E-state index in [2.05, 4.69) is 32.0 Å². The van der Waals surface area contributed by atoms with Gasteiger partial charge in [-0.15, -0.1) is 0 Å². The Bertz CT molecular complexity index is 462. The molecule has 3 atom stereocenters. The van der Waals surface area contributed by atoms with Crippen LogP contribution in [0.1, 0.15) is 39.2 Å². The first kappa shape index (κ1) is 12.0. The summed E-state index contributed by atoms with van der Waals surface area (Å²) in [5.74, 6) is 1.44. The van der Waals surface area contributed by atoms with Crippen molar-refractivity contribution in [3.05, 3.63) is 29.8 Å². The molecule has 1 N–H and O–H groups in total. The van der Waals surface area contributed by atoms with Gasteiger partial charge in [0.2, 0.25) is 0 Å². The summed E-state index contributed by atoms with van der Waals surface area (Å²) in [6.07, 6.45) is 3.05. The van der Waals surface area contributed by atoms with E-state index in [0.717, 1.165) is 25.0 Å². The Kier molecular flexibility index (Phi) is 2.50. The number of aliphatic hydroxyl groups is 1. The zero-order valence-corrected chi connectivity index (χ0v) is 11.4. The highest BCUT2D eigenvalue weighted by atomic mass is 16.5. The van der Waals surface area contributed by atoms with Crippen molar-refractivity contribution in [3.63, 3.8) is 0 Å². The maximum atomic E-state index is 10.6. The maximum Gasteiger partial charge on any atom is 0.122 e. The van der Waals surface area contributed by atoms with Gasteiger partial charge < -0.3 is 9.84 Å². The van der Waals surface area contributed by atoms with Gasteiger partial charge in [0.1, 0.15) is 11.9 Å². The number of hydrogen-bond acceptors (Lipinski definition) is 2. The van der Waals surface area contributed by atoms with Crippen molar-refractivity contribution in [2.24, 2.45) is 11.3 Å². The topological polar surface area (TPSA) is 29.5 Å². The first-order valence-electron chi connectivity index (χ1n) is 6.89. The molecule has 1 fully saturated rings. The fraction of sp³-hybridized carbons (Fsp3) is 0.625. The third-order valence-corrected chi connectivity index (χ3v) is 5.37. The lowest BCUT2D eigenvalue weighted by molar-refractivity contribution is -0.151. The predicted molar refractivity (Wildman–Crippen MR) is 71.7 cm³/mol. The molecule has 0 radical (unpaired) electrons. The number of para-hydroxylation sites is 1. The van der Waals surface area contributed by atoms with E-state index >= 15 is 0 Å². The third-order valence-electron chi connectivity index (χ3n) is 5.37. The van der Waals surface area contributed by atoms with E-state index in [-0.39, 0.29) is 11.5 Å². The molecule has 1 aliphatic heterocycles. The Hall–Kier alpha value is -1.02. The molecule has 0 spiro atoms. The molecular weight excluding hydrogens is 224 g/mol. The maximum absolute atomic E-state index is 10.6.